The fourth-order valence-electron chi connectivity index (χ4n) is 1.75. The molecule has 1 aromatic heterocycles. The molecule has 23 heavy (non-hydrogen) atoms. The van der Waals surface area contributed by atoms with Crippen molar-refractivity contribution in [2.24, 2.45) is 0 Å². The Bertz CT molecular complexity index is 721. The van der Waals surface area contributed by atoms with Gasteiger partial charge in [-0.05, 0) is 11.6 Å². The van der Waals surface area contributed by atoms with Gasteiger partial charge in [0.15, 0.2) is 0 Å². The first-order chi connectivity index (χ1) is 11.2. The Kier molecular flexibility index (Phi) is 5.83. The van der Waals surface area contributed by atoms with E-state index in [2.05, 4.69) is 22.1 Å². The number of carbonyl (C=O) groups excluding carboxylic acids is 1. The van der Waals surface area contributed by atoms with Gasteiger partial charge in [-0.3, -0.25) is 0 Å². The maximum absolute atomic E-state index is 11.5. The molecule has 6 heteroatoms. The number of hydrogen-bond acceptors (Lipinski definition) is 5. The number of alkyl carbamates (subject to hydrolysis) is 1. The van der Waals surface area contributed by atoms with Crippen molar-refractivity contribution in [1.29, 1.82) is 0 Å². The highest BCUT2D eigenvalue weighted by atomic mass is 16.5. The normalized spacial score (nSPS) is 9.43. The number of ether oxygens (including phenoxy) is 2. The standard InChI is InChI=1S/C17H17N3O3/c1-22-16-14(10-15(18)11-20-16)8-5-9-19-17(21)23-12-13-6-3-2-4-7-13/h2-4,6-7,10-11H,9,12,18H2,1H3,(H,19,21). The zero-order valence-electron chi connectivity index (χ0n) is 12.7. The number of nitrogens with zero attached hydrogens (tertiary/aromatic N) is 1. The van der Waals surface area contributed by atoms with Gasteiger partial charge in [0, 0.05) is 0 Å². The van der Waals surface area contributed by atoms with Crippen LogP contribution < -0.4 is 15.8 Å². The summed E-state index contributed by atoms with van der Waals surface area (Å²) in [5.74, 6) is 6.03. The second-order valence-corrected chi connectivity index (χ2v) is 4.54. The van der Waals surface area contributed by atoms with E-state index in [1.54, 1.807) is 6.07 Å². The molecule has 6 nitrogen and oxygen atoms in total. The predicted molar refractivity (Wildman–Crippen MR) is 86.7 cm³/mol. The number of hydrogen-bond donors (Lipinski definition) is 2. The molecule has 0 spiro atoms. The average molecular weight is 311 g/mol. The number of nitrogen functional groups attached to an aromatic ring is 1. The molecule has 2 rings (SSSR count). The summed E-state index contributed by atoms with van der Waals surface area (Å²) < 4.78 is 10.2. The highest BCUT2D eigenvalue weighted by Gasteiger charge is 2.02. The second kappa shape index (κ2) is 8.29. The molecule has 0 unspecified atom stereocenters. The molecular formula is C17H17N3O3. The summed E-state index contributed by atoms with van der Waals surface area (Å²) in [6.07, 6.45) is 0.962. The summed E-state index contributed by atoms with van der Waals surface area (Å²) in [7, 11) is 1.50. The van der Waals surface area contributed by atoms with E-state index in [0.29, 0.717) is 17.1 Å². The highest BCUT2D eigenvalue weighted by Crippen LogP contribution is 2.15. The molecule has 1 amide bonds. The first-order valence-electron chi connectivity index (χ1n) is 6.92. The minimum atomic E-state index is -0.527. The largest absolute Gasteiger partial charge is 0.480 e. The van der Waals surface area contributed by atoms with Gasteiger partial charge in [-0.2, -0.15) is 0 Å². The molecule has 1 aromatic carbocycles. The van der Waals surface area contributed by atoms with Crippen LogP contribution in [-0.2, 0) is 11.3 Å². The number of nitrogens with one attached hydrogen (secondary N) is 1. The Hall–Kier alpha value is -3.20. The van der Waals surface area contributed by atoms with Crippen LogP contribution in [0.2, 0.25) is 0 Å². The molecule has 3 N–H and O–H groups in total. The number of methoxy groups -OCH3 is 1. The van der Waals surface area contributed by atoms with E-state index in [-0.39, 0.29) is 13.2 Å². The molecule has 0 bridgehead atoms. The minimum absolute atomic E-state index is 0.144. The van der Waals surface area contributed by atoms with Crippen molar-refractivity contribution < 1.29 is 14.3 Å². The van der Waals surface area contributed by atoms with Crippen LogP contribution in [0.3, 0.4) is 0 Å². The van der Waals surface area contributed by atoms with E-state index < -0.39 is 6.09 Å². The van der Waals surface area contributed by atoms with Gasteiger partial charge in [0.25, 0.3) is 0 Å². The van der Waals surface area contributed by atoms with Gasteiger partial charge in [0.2, 0.25) is 5.88 Å². The molecule has 118 valence electrons. The molecule has 0 atom stereocenters. The SMILES string of the molecule is COc1ncc(N)cc1C#CCNC(=O)OCc1ccccc1. The van der Waals surface area contributed by atoms with Crippen molar-refractivity contribution in [2.75, 3.05) is 19.4 Å². The third-order valence-corrected chi connectivity index (χ3v) is 2.82. The molecule has 0 fully saturated rings. The molecule has 2 aromatic rings. The van der Waals surface area contributed by atoms with Crippen LogP contribution in [0.15, 0.2) is 42.6 Å². The third kappa shape index (κ3) is 5.25. The fourth-order valence-corrected chi connectivity index (χ4v) is 1.75. The lowest BCUT2D eigenvalue weighted by atomic mass is 10.2. The van der Waals surface area contributed by atoms with Gasteiger partial charge in [0.05, 0.1) is 31.1 Å². The average Bonchev–Trinajstić information content (AvgIpc) is 2.58. The summed E-state index contributed by atoms with van der Waals surface area (Å²) in [4.78, 5) is 15.6. The first-order valence-corrected chi connectivity index (χ1v) is 6.92. The van der Waals surface area contributed by atoms with Crippen molar-refractivity contribution in [1.82, 2.24) is 10.3 Å². The van der Waals surface area contributed by atoms with Gasteiger partial charge in [-0.15, -0.1) is 0 Å². The highest BCUT2D eigenvalue weighted by molar-refractivity contribution is 5.67. The number of pyridine rings is 1. The molecule has 0 saturated heterocycles. The van der Waals surface area contributed by atoms with Crippen LogP contribution in [-0.4, -0.2) is 24.7 Å². The van der Waals surface area contributed by atoms with Crippen LogP contribution in [0, 0.1) is 11.8 Å². The summed E-state index contributed by atoms with van der Waals surface area (Å²) in [5.41, 5.74) is 7.63. The summed E-state index contributed by atoms with van der Waals surface area (Å²) >= 11 is 0. The van der Waals surface area contributed by atoms with E-state index >= 15 is 0 Å². The van der Waals surface area contributed by atoms with Crippen molar-refractivity contribution in [3.05, 3.63) is 53.7 Å². The molecule has 0 aliphatic rings. The number of aromatic nitrogens is 1. The number of benzene rings is 1. The van der Waals surface area contributed by atoms with Crippen molar-refractivity contribution in [3.8, 4) is 17.7 Å². The lowest BCUT2D eigenvalue weighted by molar-refractivity contribution is 0.141. The molecular weight excluding hydrogens is 294 g/mol. The third-order valence-electron chi connectivity index (χ3n) is 2.82. The lowest BCUT2D eigenvalue weighted by Crippen LogP contribution is -2.24. The zero-order chi connectivity index (χ0) is 16.5. The zero-order valence-corrected chi connectivity index (χ0v) is 12.7. The topological polar surface area (TPSA) is 86.5 Å². The Balaban J connectivity index is 1.81. The van der Waals surface area contributed by atoms with Crippen LogP contribution in [0.1, 0.15) is 11.1 Å². The van der Waals surface area contributed by atoms with E-state index in [1.165, 1.54) is 13.3 Å². The van der Waals surface area contributed by atoms with Gasteiger partial charge in [0.1, 0.15) is 6.61 Å². The predicted octanol–water partition coefficient (Wildman–Crippen LogP) is 1.95. The quantitative estimate of drug-likeness (QED) is 0.843. The lowest BCUT2D eigenvalue weighted by Gasteiger charge is -2.04. The van der Waals surface area contributed by atoms with Crippen LogP contribution in [0.4, 0.5) is 10.5 Å². The van der Waals surface area contributed by atoms with Crippen LogP contribution >= 0.6 is 0 Å². The summed E-state index contributed by atoms with van der Waals surface area (Å²) in [6, 6.07) is 11.1. The summed E-state index contributed by atoms with van der Waals surface area (Å²) in [5, 5.41) is 2.55. The monoisotopic (exact) mass is 311 g/mol. The van der Waals surface area contributed by atoms with E-state index in [9.17, 15) is 4.79 Å². The second-order valence-electron chi connectivity index (χ2n) is 4.54. The van der Waals surface area contributed by atoms with Crippen molar-refractivity contribution in [2.45, 2.75) is 6.61 Å². The maximum Gasteiger partial charge on any atom is 0.408 e. The van der Waals surface area contributed by atoms with E-state index in [4.69, 9.17) is 15.2 Å². The Morgan fingerprint density at radius 3 is 2.87 bits per heavy atom. The fraction of sp³-hybridized carbons (Fsp3) is 0.176. The van der Waals surface area contributed by atoms with Gasteiger partial charge < -0.3 is 20.5 Å². The molecule has 0 aliphatic heterocycles. The number of rotatable bonds is 4. The minimum Gasteiger partial charge on any atom is -0.480 e. The number of carbonyl (C=O) groups is 1. The van der Waals surface area contributed by atoms with Crippen molar-refractivity contribution >= 4 is 11.8 Å². The molecule has 0 aliphatic carbocycles. The van der Waals surface area contributed by atoms with E-state index in [1.807, 2.05) is 30.3 Å². The Morgan fingerprint density at radius 1 is 1.35 bits per heavy atom. The maximum atomic E-state index is 11.5. The van der Waals surface area contributed by atoms with Gasteiger partial charge >= 0.3 is 6.09 Å². The van der Waals surface area contributed by atoms with Crippen LogP contribution in [0.25, 0.3) is 0 Å². The molecule has 0 radical (unpaired) electrons. The summed E-state index contributed by atoms with van der Waals surface area (Å²) in [6.45, 7) is 0.360. The Labute approximate surface area is 134 Å². The smallest absolute Gasteiger partial charge is 0.408 e. The Morgan fingerprint density at radius 2 is 2.13 bits per heavy atom. The number of nitrogens with two attached hydrogens (primary N) is 1. The van der Waals surface area contributed by atoms with Gasteiger partial charge in [-0.1, -0.05) is 42.2 Å². The molecule has 0 saturated carbocycles. The van der Waals surface area contributed by atoms with Gasteiger partial charge in [-0.25, -0.2) is 9.78 Å². The molecule has 1 heterocycles. The van der Waals surface area contributed by atoms with Crippen LogP contribution in [0.5, 0.6) is 5.88 Å². The van der Waals surface area contributed by atoms with E-state index in [0.717, 1.165) is 5.56 Å². The number of anilines is 1. The first kappa shape index (κ1) is 16.2. The number of amides is 1. The van der Waals surface area contributed by atoms with Crippen molar-refractivity contribution in [3.63, 3.8) is 0 Å².